The Morgan fingerprint density at radius 3 is 2.79 bits per heavy atom. The van der Waals surface area contributed by atoms with Gasteiger partial charge < -0.3 is 10.1 Å². The van der Waals surface area contributed by atoms with Crippen LogP contribution in [0.1, 0.15) is 29.0 Å². The van der Waals surface area contributed by atoms with Crippen molar-refractivity contribution in [3.05, 3.63) is 51.5 Å². The van der Waals surface area contributed by atoms with Crippen LogP contribution in [0.4, 0.5) is 4.39 Å². The van der Waals surface area contributed by atoms with E-state index < -0.39 is 0 Å². The molecule has 1 aromatic heterocycles. The average molecular weight is 279 g/mol. The van der Waals surface area contributed by atoms with Gasteiger partial charge in [-0.05, 0) is 42.1 Å². The standard InChI is InChI=1S/C15H18FNOS/c1-4-17-14(15-13(18-3)7-8-19-15)11-5-6-12(16)10(2)9-11/h5-9,14,17H,4H2,1-3H3. The summed E-state index contributed by atoms with van der Waals surface area (Å²) >= 11 is 1.65. The smallest absolute Gasteiger partial charge is 0.134 e. The van der Waals surface area contributed by atoms with Gasteiger partial charge in [-0.3, -0.25) is 0 Å². The zero-order valence-electron chi connectivity index (χ0n) is 11.4. The number of benzene rings is 1. The normalized spacial score (nSPS) is 12.4. The molecule has 0 aliphatic carbocycles. The number of ether oxygens (including phenoxy) is 1. The van der Waals surface area contributed by atoms with Gasteiger partial charge in [-0.25, -0.2) is 4.39 Å². The van der Waals surface area contributed by atoms with Crippen LogP contribution in [0.3, 0.4) is 0 Å². The number of aryl methyl sites for hydroxylation is 1. The second-order valence-corrected chi connectivity index (χ2v) is 5.30. The number of methoxy groups -OCH3 is 1. The van der Waals surface area contributed by atoms with Crippen molar-refractivity contribution < 1.29 is 9.13 Å². The first-order chi connectivity index (χ1) is 9.17. The molecule has 0 spiro atoms. The van der Waals surface area contributed by atoms with E-state index in [2.05, 4.69) is 12.2 Å². The molecule has 1 aromatic carbocycles. The topological polar surface area (TPSA) is 21.3 Å². The van der Waals surface area contributed by atoms with E-state index in [0.717, 1.165) is 22.7 Å². The lowest BCUT2D eigenvalue weighted by Gasteiger charge is -2.19. The van der Waals surface area contributed by atoms with Crippen LogP contribution in [-0.4, -0.2) is 13.7 Å². The number of hydrogen-bond donors (Lipinski definition) is 1. The fourth-order valence-electron chi connectivity index (χ4n) is 2.10. The van der Waals surface area contributed by atoms with Gasteiger partial charge in [0.05, 0.1) is 18.0 Å². The summed E-state index contributed by atoms with van der Waals surface area (Å²) in [5.41, 5.74) is 1.72. The molecule has 102 valence electrons. The first kappa shape index (κ1) is 14.0. The first-order valence-electron chi connectivity index (χ1n) is 6.28. The van der Waals surface area contributed by atoms with E-state index >= 15 is 0 Å². The molecule has 2 aromatic rings. The molecule has 19 heavy (non-hydrogen) atoms. The molecule has 0 aliphatic rings. The van der Waals surface area contributed by atoms with Gasteiger partial charge in [-0.1, -0.05) is 19.1 Å². The minimum absolute atomic E-state index is 0.0410. The molecule has 0 saturated heterocycles. The van der Waals surface area contributed by atoms with Crippen molar-refractivity contribution in [3.8, 4) is 5.75 Å². The van der Waals surface area contributed by atoms with Crippen LogP contribution < -0.4 is 10.1 Å². The van der Waals surface area contributed by atoms with E-state index in [4.69, 9.17) is 4.74 Å². The van der Waals surface area contributed by atoms with Crippen molar-refractivity contribution in [2.45, 2.75) is 19.9 Å². The number of rotatable bonds is 5. The fourth-order valence-corrected chi connectivity index (χ4v) is 3.06. The average Bonchev–Trinajstić information content (AvgIpc) is 2.87. The summed E-state index contributed by atoms with van der Waals surface area (Å²) in [6, 6.07) is 7.24. The molecular weight excluding hydrogens is 261 g/mol. The molecule has 0 saturated carbocycles. The number of thiophene rings is 1. The van der Waals surface area contributed by atoms with Crippen LogP contribution in [0, 0.1) is 12.7 Å². The molecule has 2 nitrogen and oxygen atoms in total. The molecule has 0 radical (unpaired) electrons. The molecule has 1 unspecified atom stereocenters. The van der Waals surface area contributed by atoms with Crippen LogP contribution in [0.5, 0.6) is 5.75 Å². The molecule has 0 amide bonds. The lowest BCUT2D eigenvalue weighted by molar-refractivity contribution is 0.408. The molecule has 0 aliphatic heterocycles. The summed E-state index contributed by atoms with van der Waals surface area (Å²) in [6.45, 7) is 4.68. The van der Waals surface area contributed by atoms with Crippen molar-refractivity contribution in [2.75, 3.05) is 13.7 Å². The molecule has 0 fully saturated rings. The fraction of sp³-hybridized carbons (Fsp3) is 0.333. The Balaban J connectivity index is 2.42. The first-order valence-corrected chi connectivity index (χ1v) is 7.16. The summed E-state index contributed by atoms with van der Waals surface area (Å²) in [6.07, 6.45) is 0. The van der Waals surface area contributed by atoms with Gasteiger partial charge in [0.15, 0.2) is 0 Å². The Hall–Kier alpha value is -1.39. The van der Waals surface area contributed by atoms with Gasteiger partial charge in [0.2, 0.25) is 0 Å². The molecular formula is C15H18FNOS. The zero-order valence-corrected chi connectivity index (χ0v) is 12.2. The lowest BCUT2D eigenvalue weighted by Crippen LogP contribution is -2.21. The van der Waals surface area contributed by atoms with Crippen molar-refractivity contribution >= 4 is 11.3 Å². The third kappa shape index (κ3) is 2.96. The monoisotopic (exact) mass is 279 g/mol. The van der Waals surface area contributed by atoms with Crippen LogP contribution >= 0.6 is 11.3 Å². The Labute approximate surface area is 117 Å². The Morgan fingerprint density at radius 2 is 2.16 bits per heavy atom. The van der Waals surface area contributed by atoms with Gasteiger partial charge in [-0.15, -0.1) is 11.3 Å². The summed E-state index contributed by atoms with van der Waals surface area (Å²) in [5.74, 6) is 0.704. The van der Waals surface area contributed by atoms with Crippen LogP contribution in [0.2, 0.25) is 0 Å². The molecule has 1 N–H and O–H groups in total. The minimum Gasteiger partial charge on any atom is -0.496 e. The highest BCUT2D eigenvalue weighted by atomic mass is 32.1. The predicted octanol–water partition coefficient (Wildman–Crippen LogP) is 3.90. The maximum Gasteiger partial charge on any atom is 0.134 e. The van der Waals surface area contributed by atoms with E-state index in [0.29, 0.717) is 5.56 Å². The quantitative estimate of drug-likeness (QED) is 0.896. The third-order valence-electron chi connectivity index (χ3n) is 3.06. The van der Waals surface area contributed by atoms with Gasteiger partial charge in [-0.2, -0.15) is 0 Å². The van der Waals surface area contributed by atoms with E-state index in [1.165, 1.54) is 6.07 Å². The summed E-state index contributed by atoms with van der Waals surface area (Å²) in [7, 11) is 1.67. The van der Waals surface area contributed by atoms with E-state index in [9.17, 15) is 4.39 Å². The lowest BCUT2D eigenvalue weighted by atomic mass is 10.0. The Kier molecular flexibility index (Phi) is 4.56. The van der Waals surface area contributed by atoms with Crippen LogP contribution in [-0.2, 0) is 0 Å². The van der Waals surface area contributed by atoms with Crippen LogP contribution in [0.15, 0.2) is 29.6 Å². The molecule has 2 rings (SSSR count). The highest BCUT2D eigenvalue weighted by molar-refractivity contribution is 7.10. The molecule has 0 bridgehead atoms. The minimum atomic E-state index is -0.169. The Morgan fingerprint density at radius 1 is 1.37 bits per heavy atom. The summed E-state index contributed by atoms with van der Waals surface area (Å²) in [5, 5.41) is 5.44. The van der Waals surface area contributed by atoms with E-state index in [1.807, 2.05) is 23.6 Å². The van der Waals surface area contributed by atoms with Crippen molar-refractivity contribution in [3.63, 3.8) is 0 Å². The second-order valence-electron chi connectivity index (χ2n) is 4.35. The van der Waals surface area contributed by atoms with E-state index in [-0.39, 0.29) is 11.9 Å². The second kappa shape index (κ2) is 6.17. The van der Waals surface area contributed by atoms with Gasteiger partial charge in [0, 0.05) is 0 Å². The van der Waals surface area contributed by atoms with Gasteiger partial charge >= 0.3 is 0 Å². The summed E-state index contributed by atoms with van der Waals surface area (Å²) in [4.78, 5) is 1.12. The van der Waals surface area contributed by atoms with Gasteiger partial charge in [0.25, 0.3) is 0 Å². The predicted molar refractivity (Wildman–Crippen MR) is 77.5 cm³/mol. The number of halogens is 1. The maximum absolute atomic E-state index is 13.4. The highest BCUT2D eigenvalue weighted by Gasteiger charge is 2.19. The maximum atomic E-state index is 13.4. The molecule has 1 atom stereocenters. The van der Waals surface area contributed by atoms with Crippen LogP contribution in [0.25, 0.3) is 0 Å². The zero-order chi connectivity index (χ0) is 13.8. The number of nitrogens with one attached hydrogen (secondary N) is 1. The number of hydrogen-bond acceptors (Lipinski definition) is 3. The molecule has 1 heterocycles. The van der Waals surface area contributed by atoms with Crippen molar-refractivity contribution in [1.29, 1.82) is 0 Å². The third-order valence-corrected chi connectivity index (χ3v) is 4.03. The molecule has 4 heteroatoms. The SMILES string of the molecule is CCNC(c1ccc(F)c(C)c1)c1sccc1OC. The largest absolute Gasteiger partial charge is 0.496 e. The summed E-state index contributed by atoms with van der Waals surface area (Å²) < 4.78 is 18.8. The van der Waals surface area contributed by atoms with Gasteiger partial charge in [0.1, 0.15) is 11.6 Å². The van der Waals surface area contributed by atoms with Crippen molar-refractivity contribution in [1.82, 2.24) is 5.32 Å². The highest BCUT2D eigenvalue weighted by Crippen LogP contribution is 2.35. The Bertz CT molecular complexity index is 553. The van der Waals surface area contributed by atoms with Crippen molar-refractivity contribution in [2.24, 2.45) is 0 Å². The van der Waals surface area contributed by atoms with E-state index in [1.54, 1.807) is 25.4 Å².